The van der Waals surface area contributed by atoms with Crippen LogP contribution in [0.25, 0.3) is 0 Å². The van der Waals surface area contributed by atoms with Crippen LogP contribution in [0.15, 0.2) is 53.6 Å². The van der Waals surface area contributed by atoms with Gasteiger partial charge < -0.3 is 10.2 Å². The van der Waals surface area contributed by atoms with Crippen LogP contribution in [0.1, 0.15) is 31.2 Å². The first-order chi connectivity index (χ1) is 17.0. The summed E-state index contributed by atoms with van der Waals surface area (Å²) < 4.78 is 28.0. The van der Waals surface area contributed by atoms with Gasteiger partial charge in [-0.25, -0.2) is 13.4 Å². The number of anilines is 1. The van der Waals surface area contributed by atoms with Crippen molar-refractivity contribution in [1.29, 1.82) is 0 Å². The van der Waals surface area contributed by atoms with Gasteiger partial charge >= 0.3 is 0 Å². The van der Waals surface area contributed by atoms with E-state index in [0.717, 1.165) is 64.1 Å². The molecule has 188 valence electrons. The summed E-state index contributed by atoms with van der Waals surface area (Å²) >= 11 is 0. The standard InChI is InChI=1S/C26H35N5O3S/c32-26(28-23-6-7-23)20-29-14-16-30(17-15-29)25-9-8-24(19-27-25)35(33,34)31-12-10-22(11-13-31)18-21-4-2-1-3-5-21/h1-5,8-9,19,22-23H,6-7,10-18,20H2,(H,28,32). The molecule has 1 N–H and O–H groups in total. The molecule has 1 amide bonds. The number of sulfonamides is 1. The van der Waals surface area contributed by atoms with E-state index in [2.05, 4.69) is 44.4 Å². The molecule has 2 saturated heterocycles. The molecule has 1 aromatic carbocycles. The van der Waals surface area contributed by atoms with Crippen LogP contribution in [0.3, 0.4) is 0 Å². The Labute approximate surface area is 208 Å². The van der Waals surface area contributed by atoms with Crippen molar-refractivity contribution in [1.82, 2.24) is 19.5 Å². The maximum Gasteiger partial charge on any atom is 0.244 e. The topological polar surface area (TPSA) is 85.9 Å². The van der Waals surface area contributed by atoms with Crippen LogP contribution < -0.4 is 10.2 Å². The normalized spacial score (nSPS) is 20.6. The molecule has 0 spiro atoms. The Morgan fingerprint density at radius 1 is 0.914 bits per heavy atom. The number of pyridine rings is 1. The van der Waals surface area contributed by atoms with Gasteiger partial charge in [-0.1, -0.05) is 30.3 Å². The molecule has 0 atom stereocenters. The van der Waals surface area contributed by atoms with Crippen molar-refractivity contribution in [2.24, 2.45) is 5.92 Å². The maximum absolute atomic E-state index is 13.2. The molecule has 1 aromatic heterocycles. The average molecular weight is 498 g/mol. The summed E-state index contributed by atoms with van der Waals surface area (Å²) in [5.41, 5.74) is 1.32. The summed E-state index contributed by atoms with van der Waals surface area (Å²) in [6, 6.07) is 14.3. The van der Waals surface area contributed by atoms with Crippen molar-refractivity contribution >= 4 is 21.7 Å². The quantitative estimate of drug-likeness (QED) is 0.601. The monoisotopic (exact) mass is 497 g/mol. The largest absolute Gasteiger partial charge is 0.354 e. The number of hydrogen-bond donors (Lipinski definition) is 1. The van der Waals surface area contributed by atoms with Crippen LogP contribution in [0.4, 0.5) is 5.82 Å². The molecular formula is C26H35N5O3S. The first-order valence-corrected chi connectivity index (χ1v) is 14.2. The number of piperazine rings is 1. The number of benzene rings is 1. The number of piperidine rings is 1. The predicted molar refractivity (Wildman–Crippen MR) is 136 cm³/mol. The number of carbonyl (C=O) groups excluding carboxylic acids is 1. The highest BCUT2D eigenvalue weighted by atomic mass is 32.2. The zero-order chi connectivity index (χ0) is 24.3. The zero-order valence-electron chi connectivity index (χ0n) is 20.2. The molecule has 2 aromatic rings. The van der Waals surface area contributed by atoms with Crippen molar-refractivity contribution in [3.8, 4) is 0 Å². The highest BCUT2D eigenvalue weighted by Crippen LogP contribution is 2.27. The van der Waals surface area contributed by atoms with Crippen LogP contribution in [-0.2, 0) is 21.2 Å². The Bertz CT molecular complexity index is 1090. The number of rotatable bonds is 8. The smallest absolute Gasteiger partial charge is 0.244 e. The molecule has 1 saturated carbocycles. The van der Waals surface area contributed by atoms with Crippen molar-refractivity contribution in [2.45, 2.75) is 43.0 Å². The maximum atomic E-state index is 13.2. The Hall–Kier alpha value is -2.49. The highest BCUT2D eigenvalue weighted by Gasteiger charge is 2.30. The number of nitrogens with zero attached hydrogens (tertiary/aromatic N) is 4. The molecule has 1 aliphatic carbocycles. The lowest BCUT2D eigenvalue weighted by Gasteiger charge is -2.35. The fourth-order valence-corrected chi connectivity index (χ4v) is 6.42. The average Bonchev–Trinajstić information content (AvgIpc) is 3.69. The van der Waals surface area contributed by atoms with E-state index in [1.165, 1.54) is 11.8 Å². The summed E-state index contributed by atoms with van der Waals surface area (Å²) in [5.74, 6) is 1.41. The van der Waals surface area contributed by atoms with Crippen molar-refractivity contribution < 1.29 is 13.2 Å². The molecular weight excluding hydrogens is 462 g/mol. The molecule has 3 fully saturated rings. The first kappa shape index (κ1) is 24.2. The van der Waals surface area contributed by atoms with E-state index in [-0.39, 0.29) is 10.8 Å². The van der Waals surface area contributed by atoms with Gasteiger partial charge in [-0.2, -0.15) is 4.31 Å². The SMILES string of the molecule is O=C(CN1CCN(c2ccc(S(=O)(=O)N3CCC(Cc4ccccc4)CC3)cn2)CC1)NC1CC1. The second kappa shape index (κ2) is 10.6. The zero-order valence-corrected chi connectivity index (χ0v) is 21.0. The van der Waals surface area contributed by atoms with Crippen molar-refractivity contribution in [3.05, 3.63) is 54.2 Å². The van der Waals surface area contributed by atoms with E-state index in [0.29, 0.717) is 31.6 Å². The lowest BCUT2D eigenvalue weighted by molar-refractivity contribution is -0.122. The highest BCUT2D eigenvalue weighted by molar-refractivity contribution is 7.89. The minimum absolute atomic E-state index is 0.109. The van der Waals surface area contributed by atoms with E-state index in [9.17, 15) is 13.2 Å². The first-order valence-electron chi connectivity index (χ1n) is 12.7. The molecule has 3 aliphatic rings. The Balaban J connectivity index is 1.11. The summed E-state index contributed by atoms with van der Waals surface area (Å²) in [4.78, 5) is 21.1. The Kier molecular flexibility index (Phi) is 7.36. The van der Waals surface area contributed by atoms with Gasteiger partial charge in [0.2, 0.25) is 15.9 Å². The third-order valence-electron chi connectivity index (χ3n) is 7.31. The molecule has 8 nitrogen and oxygen atoms in total. The molecule has 3 heterocycles. The number of nitrogens with one attached hydrogen (secondary N) is 1. The molecule has 5 rings (SSSR count). The molecule has 0 radical (unpaired) electrons. The summed E-state index contributed by atoms with van der Waals surface area (Å²) in [7, 11) is -3.53. The third-order valence-corrected chi connectivity index (χ3v) is 9.19. The van der Waals surface area contributed by atoms with E-state index in [1.54, 1.807) is 10.4 Å². The molecule has 0 unspecified atom stereocenters. The second-order valence-electron chi connectivity index (χ2n) is 9.99. The molecule has 0 bridgehead atoms. The molecule has 35 heavy (non-hydrogen) atoms. The van der Waals surface area contributed by atoms with Crippen LogP contribution >= 0.6 is 0 Å². The van der Waals surface area contributed by atoms with Gasteiger partial charge in [0.25, 0.3) is 0 Å². The molecule has 2 aliphatic heterocycles. The van der Waals surface area contributed by atoms with Gasteiger partial charge in [0.15, 0.2) is 0 Å². The van der Waals surface area contributed by atoms with Gasteiger partial charge in [-0.15, -0.1) is 0 Å². The van der Waals surface area contributed by atoms with Crippen LogP contribution in [0.5, 0.6) is 0 Å². The number of hydrogen-bond acceptors (Lipinski definition) is 6. The fraction of sp³-hybridized carbons (Fsp3) is 0.538. The van der Waals surface area contributed by atoms with Gasteiger partial charge in [0.1, 0.15) is 10.7 Å². The third kappa shape index (κ3) is 6.20. The van der Waals surface area contributed by atoms with Gasteiger partial charge in [0.05, 0.1) is 6.54 Å². The fourth-order valence-electron chi connectivity index (χ4n) is 5.00. The van der Waals surface area contributed by atoms with Gasteiger partial charge in [-0.3, -0.25) is 9.69 Å². The van der Waals surface area contributed by atoms with Gasteiger partial charge in [0, 0.05) is 51.5 Å². The second-order valence-corrected chi connectivity index (χ2v) is 11.9. The van der Waals surface area contributed by atoms with E-state index in [4.69, 9.17) is 0 Å². The summed E-state index contributed by atoms with van der Waals surface area (Å²) in [5, 5.41) is 3.04. The number of aromatic nitrogens is 1. The predicted octanol–water partition coefficient (Wildman–Crippen LogP) is 2.13. The number of amides is 1. The Morgan fingerprint density at radius 3 is 2.26 bits per heavy atom. The van der Waals surface area contributed by atoms with Crippen LogP contribution in [0.2, 0.25) is 0 Å². The van der Waals surface area contributed by atoms with Crippen LogP contribution in [0, 0.1) is 5.92 Å². The van der Waals surface area contributed by atoms with Crippen LogP contribution in [-0.4, -0.2) is 80.4 Å². The molecule has 9 heteroatoms. The lowest BCUT2D eigenvalue weighted by Crippen LogP contribution is -2.50. The van der Waals surface area contributed by atoms with Crippen molar-refractivity contribution in [3.63, 3.8) is 0 Å². The summed E-state index contributed by atoms with van der Waals surface area (Å²) in [6.45, 7) is 4.66. The van der Waals surface area contributed by atoms with E-state index in [1.807, 2.05) is 12.1 Å². The Morgan fingerprint density at radius 2 is 1.63 bits per heavy atom. The minimum Gasteiger partial charge on any atom is -0.354 e. The minimum atomic E-state index is -3.53. The van der Waals surface area contributed by atoms with E-state index < -0.39 is 10.0 Å². The summed E-state index contributed by atoms with van der Waals surface area (Å²) in [6.07, 6.45) is 6.46. The van der Waals surface area contributed by atoms with E-state index >= 15 is 0 Å². The van der Waals surface area contributed by atoms with Crippen molar-refractivity contribution in [2.75, 3.05) is 50.7 Å². The number of carbonyl (C=O) groups is 1. The van der Waals surface area contributed by atoms with Gasteiger partial charge in [-0.05, 0) is 55.7 Å². The lowest BCUT2D eigenvalue weighted by atomic mass is 9.91.